The molecular formula is C29H39NO3. The van der Waals surface area contributed by atoms with Crippen LogP contribution in [0.1, 0.15) is 71.4 Å². The zero-order valence-electron chi connectivity index (χ0n) is 20.9. The maximum atomic E-state index is 9.15. The van der Waals surface area contributed by atoms with Crippen LogP contribution in [-0.2, 0) is 13.0 Å². The molecule has 0 atom stereocenters. The zero-order chi connectivity index (χ0) is 24.1. The Kier molecular flexibility index (Phi) is 10.8. The molecule has 33 heavy (non-hydrogen) atoms. The highest BCUT2D eigenvalue weighted by atomic mass is 16.5. The first-order chi connectivity index (χ1) is 15.8. The van der Waals surface area contributed by atoms with Gasteiger partial charge in [0.25, 0.3) is 0 Å². The summed E-state index contributed by atoms with van der Waals surface area (Å²) in [6, 6.07) is 16.5. The molecule has 0 radical (unpaired) electrons. The summed E-state index contributed by atoms with van der Waals surface area (Å²) in [7, 11) is 0. The van der Waals surface area contributed by atoms with Gasteiger partial charge in [0.2, 0.25) is 0 Å². The Balaban J connectivity index is 2.06. The van der Waals surface area contributed by atoms with E-state index in [1.807, 2.05) is 44.2 Å². The minimum atomic E-state index is -0.247. The van der Waals surface area contributed by atoms with Gasteiger partial charge in [-0.05, 0) is 70.2 Å². The van der Waals surface area contributed by atoms with E-state index in [1.54, 1.807) is 0 Å². The van der Waals surface area contributed by atoms with Crippen LogP contribution in [-0.4, -0.2) is 13.2 Å². The van der Waals surface area contributed by atoms with Crippen molar-refractivity contribution >= 4 is 0 Å². The number of benzene rings is 2. The van der Waals surface area contributed by atoms with E-state index in [1.165, 1.54) is 5.57 Å². The fourth-order valence-corrected chi connectivity index (χ4v) is 3.34. The molecule has 0 amide bonds. The van der Waals surface area contributed by atoms with E-state index >= 15 is 0 Å². The first-order valence-electron chi connectivity index (χ1n) is 12.0. The first kappa shape index (κ1) is 26.3. The third kappa shape index (κ3) is 9.61. The predicted molar refractivity (Wildman–Crippen MR) is 135 cm³/mol. The number of hydrogen-bond donors (Lipinski definition) is 0. The average Bonchev–Trinajstić information content (AvgIpc) is 2.81. The highest BCUT2D eigenvalue weighted by Crippen LogP contribution is 2.36. The fraction of sp³-hybridized carbons (Fsp3) is 0.483. The largest absolute Gasteiger partial charge is 0.493 e. The second kappa shape index (κ2) is 13.6. The number of unbranched alkanes of at least 4 members (excludes halogenated alkanes) is 2. The van der Waals surface area contributed by atoms with Gasteiger partial charge in [-0.2, -0.15) is 5.26 Å². The highest BCUT2D eigenvalue weighted by molar-refractivity contribution is 5.51. The van der Waals surface area contributed by atoms with Crippen LogP contribution in [0.5, 0.6) is 17.2 Å². The Morgan fingerprint density at radius 3 is 2.33 bits per heavy atom. The third-order valence-electron chi connectivity index (χ3n) is 5.48. The maximum absolute atomic E-state index is 9.15. The van der Waals surface area contributed by atoms with Crippen LogP contribution in [0, 0.1) is 16.7 Å². The van der Waals surface area contributed by atoms with Crippen LogP contribution in [0.25, 0.3) is 0 Å². The molecule has 0 aliphatic heterocycles. The topological polar surface area (TPSA) is 51.5 Å². The molecule has 2 aromatic carbocycles. The molecule has 4 heteroatoms. The van der Waals surface area contributed by atoms with Crippen LogP contribution in [0.4, 0.5) is 0 Å². The van der Waals surface area contributed by atoms with Crippen LogP contribution in [0.3, 0.4) is 0 Å². The van der Waals surface area contributed by atoms with Crippen molar-refractivity contribution in [1.82, 2.24) is 0 Å². The van der Waals surface area contributed by atoms with Crippen molar-refractivity contribution in [2.75, 3.05) is 13.2 Å². The number of nitrogens with zero attached hydrogens (tertiary/aromatic N) is 1. The van der Waals surface area contributed by atoms with Gasteiger partial charge in [-0.15, -0.1) is 0 Å². The van der Waals surface area contributed by atoms with E-state index in [2.05, 4.69) is 45.0 Å². The minimum absolute atomic E-state index is 0.247. The van der Waals surface area contributed by atoms with Gasteiger partial charge < -0.3 is 14.2 Å². The molecule has 0 aliphatic rings. The van der Waals surface area contributed by atoms with E-state index in [0.29, 0.717) is 25.6 Å². The average molecular weight is 450 g/mol. The second-order valence-corrected chi connectivity index (χ2v) is 9.28. The van der Waals surface area contributed by atoms with E-state index < -0.39 is 0 Å². The molecule has 0 fully saturated rings. The fourth-order valence-electron chi connectivity index (χ4n) is 3.34. The van der Waals surface area contributed by atoms with Gasteiger partial charge >= 0.3 is 0 Å². The molecule has 0 saturated heterocycles. The third-order valence-corrected chi connectivity index (χ3v) is 5.48. The molecule has 0 saturated carbocycles. The van der Waals surface area contributed by atoms with E-state index in [0.717, 1.165) is 54.7 Å². The summed E-state index contributed by atoms with van der Waals surface area (Å²) in [5.74, 6) is 2.29. The second-order valence-electron chi connectivity index (χ2n) is 9.28. The number of ether oxygens (including phenoxy) is 3. The van der Waals surface area contributed by atoms with Gasteiger partial charge in [0.15, 0.2) is 11.5 Å². The van der Waals surface area contributed by atoms with E-state index in [-0.39, 0.29) is 5.41 Å². The summed E-state index contributed by atoms with van der Waals surface area (Å²) >= 11 is 0. The van der Waals surface area contributed by atoms with Gasteiger partial charge in [-0.3, -0.25) is 0 Å². The smallest absolute Gasteiger partial charge is 0.165 e. The van der Waals surface area contributed by atoms with E-state index in [9.17, 15) is 0 Å². The molecule has 0 aliphatic carbocycles. The molecule has 0 N–H and O–H groups in total. The summed E-state index contributed by atoms with van der Waals surface area (Å²) in [4.78, 5) is 0. The summed E-state index contributed by atoms with van der Waals surface area (Å²) in [5, 5.41) is 9.15. The molecule has 0 unspecified atom stereocenters. The summed E-state index contributed by atoms with van der Waals surface area (Å²) in [6.07, 6.45) is 6.87. The van der Waals surface area contributed by atoms with Crippen molar-refractivity contribution in [3.63, 3.8) is 0 Å². The van der Waals surface area contributed by atoms with Crippen molar-refractivity contribution in [2.24, 2.45) is 5.41 Å². The SMILES string of the molecule is CCc1cc(OCC=C(C)C)c(OCc2ccccc2)cc1OCCCCCC(C)(C)C#N. The molecule has 2 rings (SSSR count). The van der Waals surface area contributed by atoms with Crippen LogP contribution in [0.15, 0.2) is 54.1 Å². The Hall–Kier alpha value is -2.93. The predicted octanol–water partition coefficient (Wildman–Crippen LogP) is 7.66. The number of allylic oxidation sites excluding steroid dienone is 1. The zero-order valence-corrected chi connectivity index (χ0v) is 20.9. The van der Waals surface area contributed by atoms with Crippen LogP contribution < -0.4 is 14.2 Å². The summed E-state index contributed by atoms with van der Waals surface area (Å²) < 4.78 is 18.4. The molecule has 178 valence electrons. The molecule has 0 heterocycles. The highest BCUT2D eigenvalue weighted by Gasteiger charge is 2.16. The van der Waals surface area contributed by atoms with Crippen molar-refractivity contribution < 1.29 is 14.2 Å². The summed E-state index contributed by atoms with van der Waals surface area (Å²) in [5.41, 5.74) is 3.19. The minimum Gasteiger partial charge on any atom is -0.493 e. The number of nitriles is 1. The van der Waals surface area contributed by atoms with E-state index in [4.69, 9.17) is 19.5 Å². The molecule has 0 bridgehead atoms. The van der Waals surface area contributed by atoms with Crippen molar-refractivity contribution in [3.05, 3.63) is 65.2 Å². The van der Waals surface area contributed by atoms with Crippen LogP contribution >= 0.6 is 0 Å². The lowest BCUT2D eigenvalue weighted by Crippen LogP contribution is -2.08. The molecule has 0 spiro atoms. The van der Waals surface area contributed by atoms with Crippen molar-refractivity contribution in [2.45, 2.75) is 73.3 Å². The standard InChI is InChI=1S/C29H39NO3/c1-6-25-19-27(32-18-15-23(2)3)28(33-21-24-13-9-7-10-14-24)20-26(25)31-17-12-8-11-16-29(4,5)22-30/h7,9-10,13-15,19-20H,6,8,11-12,16-18,21H2,1-5H3. The maximum Gasteiger partial charge on any atom is 0.165 e. The lowest BCUT2D eigenvalue weighted by molar-refractivity contribution is 0.266. The lowest BCUT2D eigenvalue weighted by Gasteiger charge is -2.18. The Morgan fingerprint density at radius 2 is 1.67 bits per heavy atom. The first-order valence-corrected chi connectivity index (χ1v) is 12.0. The van der Waals surface area contributed by atoms with Gasteiger partial charge in [0.1, 0.15) is 19.0 Å². The molecular weight excluding hydrogens is 410 g/mol. The number of aryl methyl sites for hydroxylation is 1. The molecule has 0 aromatic heterocycles. The Bertz CT molecular complexity index is 922. The van der Waals surface area contributed by atoms with Gasteiger partial charge in [-0.25, -0.2) is 0 Å². The molecule has 4 nitrogen and oxygen atoms in total. The van der Waals surface area contributed by atoms with Gasteiger partial charge in [0.05, 0.1) is 18.1 Å². The lowest BCUT2D eigenvalue weighted by atomic mass is 9.89. The Labute approximate surface area is 200 Å². The van der Waals surface area contributed by atoms with Gasteiger partial charge in [-0.1, -0.05) is 55.7 Å². The monoisotopic (exact) mass is 449 g/mol. The summed E-state index contributed by atoms with van der Waals surface area (Å²) in [6.45, 7) is 11.9. The normalized spacial score (nSPS) is 10.9. The molecule has 2 aromatic rings. The van der Waals surface area contributed by atoms with Crippen molar-refractivity contribution in [1.29, 1.82) is 5.26 Å². The Morgan fingerprint density at radius 1 is 0.939 bits per heavy atom. The number of rotatable bonds is 14. The van der Waals surface area contributed by atoms with Crippen molar-refractivity contribution in [3.8, 4) is 23.3 Å². The van der Waals surface area contributed by atoms with Gasteiger partial charge in [0, 0.05) is 6.07 Å². The van der Waals surface area contributed by atoms with Crippen LogP contribution in [0.2, 0.25) is 0 Å². The quantitative estimate of drug-likeness (QED) is 0.219. The number of hydrogen-bond acceptors (Lipinski definition) is 4.